The van der Waals surface area contributed by atoms with Crippen molar-refractivity contribution in [3.05, 3.63) is 54.1 Å². The monoisotopic (exact) mass is 309 g/mol. The summed E-state index contributed by atoms with van der Waals surface area (Å²) < 4.78 is 5.02. The SMILES string of the molecule is CC(C)C1COC(=O)N1C(=O)C=Cc1cccc2ccccc12. The number of cyclic esters (lactones) is 1. The molecule has 1 fully saturated rings. The van der Waals surface area contributed by atoms with Crippen LogP contribution >= 0.6 is 0 Å². The molecule has 1 saturated heterocycles. The minimum atomic E-state index is -0.559. The number of nitrogens with zero attached hydrogens (tertiary/aromatic N) is 1. The molecule has 0 bridgehead atoms. The smallest absolute Gasteiger partial charge is 0.417 e. The lowest BCUT2D eigenvalue weighted by Crippen LogP contribution is -2.40. The Labute approximate surface area is 135 Å². The molecule has 23 heavy (non-hydrogen) atoms. The summed E-state index contributed by atoms with van der Waals surface area (Å²) in [5.74, 6) is -0.171. The number of hydrogen-bond acceptors (Lipinski definition) is 3. The van der Waals surface area contributed by atoms with Crippen LogP contribution in [-0.2, 0) is 9.53 Å². The lowest BCUT2D eigenvalue weighted by molar-refractivity contribution is -0.124. The zero-order valence-corrected chi connectivity index (χ0v) is 13.2. The van der Waals surface area contributed by atoms with Crippen LogP contribution in [0.5, 0.6) is 0 Å². The molecule has 1 aliphatic heterocycles. The predicted octanol–water partition coefficient (Wildman–Crippen LogP) is 3.86. The quantitative estimate of drug-likeness (QED) is 0.809. The van der Waals surface area contributed by atoms with Crippen molar-refractivity contribution >= 4 is 28.8 Å². The molecule has 2 aromatic carbocycles. The number of carbonyl (C=O) groups excluding carboxylic acids is 2. The van der Waals surface area contributed by atoms with E-state index in [0.717, 1.165) is 16.3 Å². The van der Waals surface area contributed by atoms with E-state index in [1.165, 1.54) is 11.0 Å². The molecule has 0 aromatic heterocycles. The second kappa shape index (κ2) is 6.24. The molecule has 0 N–H and O–H groups in total. The normalized spacial score (nSPS) is 18.1. The van der Waals surface area contributed by atoms with Gasteiger partial charge in [-0.25, -0.2) is 9.69 Å². The second-order valence-electron chi connectivity index (χ2n) is 6.00. The first kappa shape index (κ1) is 15.3. The number of fused-ring (bicyclic) bond motifs is 1. The van der Waals surface area contributed by atoms with Crippen molar-refractivity contribution in [2.75, 3.05) is 6.61 Å². The van der Waals surface area contributed by atoms with E-state index >= 15 is 0 Å². The number of hydrogen-bond donors (Lipinski definition) is 0. The highest BCUT2D eigenvalue weighted by Crippen LogP contribution is 2.22. The Bertz CT molecular complexity index is 774. The average Bonchev–Trinajstić information content (AvgIpc) is 2.94. The Hall–Kier alpha value is -2.62. The summed E-state index contributed by atoms with van der Waals surface area (Å²) in [6.45, 7) is 4.22. The van der Waals surface area contributed by atoms with Crippen LogP contribution in [0.15, 0.2) is 48.5 Å². The van der Waals surface area contributed by atoms with E-state index in [-0.39, 0.29) is 24.5 Å². The summed E-state index contributed by atoms with van der Waals surface area (Å²) in [5.41, 5.74) is 0.949. The summed E-state index contributed by atoms with van der Waals surface area (Å²) in [7, 11) is 0. The fourth-order valence-corrected chi connectivity index (χ4v) is 2.82. The van der Waals surface area contributed by atoms with Gasteiger partial charge in [-0.2, -0.15) is 0 Å². The van der Waals surface area contributed by atoms with E-state index in [1.807, 2.05) is 56.3 Å². The summed E-state index contributed by atoms with van der Waals surface area (Å²) >= 11 is 0. The highest BCUT2D eigenvalue weighted by molar-refractivity contribution is 6.03. The Morgan fingerprint density at radius 3 is 2.74 bits per heavy atom. The minimum absolute atomic E-state index is 0.163. The minimum Gasteiger partial charge on any atom is -0.447 e. The van der Waals surface area contributed by atoms with E-state index in [9.17, 15) is 9.59 Å². The molecule has 1 unspecified atom stereocenters. The first-order valence-corrected chi connectivity index (χ1v) is 7.73. The molecule has 1 heterocycles. The molecule has 3 rings (SSSR count). The van der Waals surface area contributed by atoms with Crippen LogP contribution in [0, 0.1) is 5.92 Å². The molecule has 118 valence electrons. The standard InChI is InChI=1S/C19H19NO3/c1-13(2)17-12-23-19(22)20(17)18(21)11-10-15-8-5-7-14-6-3-4-9-16(14)15/h3-11,13,17H,12H2,1-2H3. The highest BCUT2D eigenvalue weighted by Gasteiger charge is 2.38. The fourth-order valence-electron chi connectivity index (χ4n) is 2.82. The summed E-state index contributed by atoms with van der Waals surface area (Å²) in [6.07, 6.45) is 2.65. The third-order valence-corrected chi connectivity index (χ3v) is 4.14. The first-order chi connectivity index (χ1) is 11.1. The van der Waals surface area contributed by atoms with E-state index in [1.54, 1.807) is 6.08 Å². The van der Waals surface area contributed by atoms with E-state index in [0.29, 0.717) is 0 Å². The van der Waals surface area contributed by atoms with Crippen LogP contribution in [-0.4, -0.2) is 29.5 Å². The van der Waals surface area contributed by atoms with Gasteiger partial charge < -0.3 is 4.74 Å². The topological polar surface area (TPSA) is 46.6 Å². The van der Waals surface area contributed by atoms with Crippen LogP contribution in [0.25, 0.3) is 16.8 Å². The van der Waals surface area contributed by atoms with Crippen LogP contribution in [0.3, 0.4) is 0 Å². The van der Waals surface area contributed by atoms with Crippen molar-refractivity contribution in [2.24, 2.45) is 5.92 Å². The van der Waals surface area contributed by atoms with Gasteiger partial charge in [0.1, 0.15) is 6.61 Å². The van der Waals surface area contributed by atoms with Gasteiger partial charge >= 0.3 is 6.09 Å². The predicted molar refractivity (Wildman–Crippen MR) is 89.8 cm³/mol. The average molecular weight is 309 g/mol. The van der Waals surface area contributed by atoms with Crippen molar-refractivity contribution in [3.8, 4) is 0 Å². The maximum atomic E-state index is 12.4. The van der Waals surface area contributed by atoms with Crippen LogP contribution in [0.4, 0.5) is 4.79 Å². The summed E-state index contributed by atoms with van der Waals surface area (Å²) in [5, 5.41) is 2.19. The maximum absolute atomic E-state index is 12.4. The van der Waals surface area contributed by atoms with Gasteiger partial charge in [-0.3, -0.25) is 4.79 Å². The maximum Gasteiger partial charge on any atom is 0.417 e. The molecule has 0 aliphatic carbocycles. The van der Waals surface area contributed by atoms with Gasteiger partial charge in [0.25, 0.3) is 5.91 Å². The van der Waals surface area contributed by atoms with Gasteiger partial charge in [0.15, 0.2) is 0 Å². The molecule has 2 amide bonds. The molecule has 0 radical (unpaired) electrons. The number of amides is 2. The number of carbonyl (C=O) groups is 2. The van der Waals surface area contributed by atoms with Crippen molar-refractivity contribution in [1.82, 2.24) is 4.90 Å². The van der Waals surface area contributed by atoms with Gasteiger partial charge in [-0.15, -0.1) is 0 Å². The van der Waals surface area contributed by atoms with Crippen LogP contribution in [0.1, 0.15) is 19.4 Å². The number of imide groups is 1. The lowest BCUT2D eigenvalue weighted by atomic mass is 10.0. The second-order valence-corrected chi connectivity index (χ2v) is 6.00. The molecular formula is C19H19NO3. The third kappa shape index (κ3) is 2.97. The van der Waals surface area contributed by atoms with E-state index in [2.05, 4.69) is 0 Å². The Morgan fingerprint density at radius 2 is 1.96 bits per heavy atom. The molecule has 0 saturated carbocycles. The zero-order chi connectivity index (χ0) is 16.4. The molecule has 2 aromatic rings. The van der Waals surface area contributed by atoms with Gasteiger partial charge in [0.05, 0.1) is 6.04 Å². The number of ether oxygens (including phenoxy) is 1. The summed E-state index contributed by atoms with van der Waals surface area (Å²) in [6, 6.07) is 13.7. The van der Waals surface area contributed by atoms with Crippen LogP contribution < -0.4 is 0 Å². The van der Waals surface area contributed by atoms with Gasteiger partial charge in [-0.1, -0.05) is 56.3 Å². The molecule has 4 heteroatoms. The van der Waals surface area contributed by atoms with Crippen molar-refractivity contribution < 1.29 is 14.3 Å². The molecule has 4 nitrogen and oxygen atoms in total. The van der Waals surface area contributed by atoms with E-state index < -0.39 is 6.09 Å². The molecular weight excluding hydrogens is 290 g/mol. The molecule has 1 aliphatic rings. The van der Waals surface area contributed by atoms with Crippen molar-refractivity contribution in [1.29, 1.82) is 0 Å². The molecule has 0 spiro atoms. The largest absolute Gasteiger partial charge is 0.447 e. The van der Waals surface area contributed by atoms with Gasteiger partial charge in [0.2, 0.25) is 0 Å². The Balaban J connectivity index is 1.87. The highest BCUT2D eigenvalue weighted by atomic mass is 16.6. The lowest BCUT2D eigenvalue weighted by Gasteiger charge is -2.21. The first-order valence-electron chi connectivity index (χ1n) is 7.73. The Kier molecular flexibility index (Phi) is 4.15. The zero-order valence-electron chi connectivity index (χ0n) is 13.2. The Morgan fingerprint density at radius 1 is 1.22 bits per heavy atom. The third-order valence-electron chi connectivity index (χ3n) is 4.14. The number of rotatable bonds is 3. The van der Waals surface area contributed by atoms with Crippen molar-refractivity contribution in [3.63, 3.8) is 0 Å². The van der Waals surface area contributed by atoms with Crippen LogP contribution in [0.2, 0.25) is 0 Å². The summed E-state index contributed by atoms with van der Waals surface area (Å²) in [4.78, 5) is 25.4. The van der Waals surface area contributed by atoms with Gasteiger partial charge in [0, 0.05) is 6.08 Å². The number of benzene rings is 2. The molecule has 1 atom stereocenters. The van der Waals surface area contributed by atoms with E-state index in [4.69, 9.17) is 4.74 Å². The fraction of sp³-hybridized carbons (Fsp3) is 0.263. The van der Waals surface area contributed by atoms with Gasteiger partial charge in [-0.05, 0) is 28.3 Å². The van der Waals surface area contributed by atoms with Crippen molar-refractivity contribution in [2.45, 2.75) is 19.9 Å².